The fraction of sp³-hybridized carbons (Fsp3) is 0.250. The highest BCUT2D eigenvalue weighted by molar-refractivity contribution is 6.46. The highest BCUT2D eigenvalue weighted by Crippen LogP contribution is 2.39. The van der Waals surface area contributed by atoms with Crippen molar-refractivity contribution in [2.45, 2.75) is 6.04 Å². The van der Waals surface area contributed by atoms with Crippen molar-refractivity contribution in [3.8, 4) is 5.75 Å². The summed E-state index contributed by atoms with van der Waals surface area (Å²) < 4.78 is 10.2. The van der Waals surface area contributed by atoms with Gasteiger partial charge >= 0.3 is 0 Å². The molecule has 1 aliphatic rings. The van der Waals surface area contributed by atoms with Crippen LogP contribution in [0.5, 0.6) is 5.75 Å². The van der Waals surface area contributed by atoms with Crippen LogP contribution >= 0.6 is 0 Å². The number of aliphatic hydroxyl groups excluding tert-OH is 1. The molecular weight excluding hydrogens is 348 g/mol. The van der Waals surface area contributed by atoms with Crippen LogP contribution in [0.2, 0.25) is 0 Å². The van der Waals surface area contributed by atoms with Crippen molar-refractivity contribution in [1.82, 2.24) is 9.88 Å². The van der Waals surface area contributed by atoms with Crippen LogP contribution in [0.3, 0.4) is 0 Å². The second-order valence-corrected chi connectivity index (χ2v) is 6.00. The van der Waals surface area contributed by atoms with Crippen LogP contribution in [0.1, 0.15) is 17.2 Å². The molecule has 1 aromatic carbocycles. The Kier molecular flexibility index (Phi) is 5.52. The van der Waals surface area contributed by atoms with Gasteiger partial charge in [-0.2, -0.15) is 0 Å². The van der Waals surface area contributed by atoms with Crippen molar-refractivity contribution in [2.24, 2.45) is 0 Å². The number of carbonyl (C=O) groups excluding carboxylic acids is 2. The van der Waals surface area contributed by atoms with E-state index in [0.29, 0.717) is 16.9 Å². The van der Waals surface area contributed by atoms with Crippen molar-refractivity contribution >= 4 is 17.4 Å². The highest BCUT2D eigenvalue weighted by atomic mass is 16.5. The molecule has 7 heteroatoms. The van der Waals surface area contributed by atoms with Gasteiger partial charge < -0.3 is 19.5 Å². The van der Waals surface area contributed by atoms with Crippen molar-refractivity contribution in [3.63, 3.8) is 0 Å². The molecule has 0 saturated carbocycles. The molecule has 1 amide bonds. The lowest BCUT2D eigenvalue weighted by molar-refractivity contribution is -0.140. The molecule has 1 N–H and O–H groups in total. The summed E-state index contributed by atoms with van der Waals surface area (Å²) in [5, 5.41) is 10.9. The summed E-state index contributed by atoms with van der Waals surface area (Å²) >= 11 is 0. The third-order valence-corrected chi connectivity index (χ3v) is 4.42. The molecule has 7 nitrogen and oxygen atoms in total. The lowest BCUT2D eigenvalue weighted by Gasteiger charge is -2.24. The first kappa shape index (κ1) is 18.6. The topological polar surface area (TPSA) is 89.0 Å². The summed E-state index contributed by atoms with van der Waals surface area (Å²) in [6, 6.07) is 9.44. The standard InChI is InChI=1S/C20H20N2O5/c1-26-10-9-22-17(14-6-4-8-21-12-14)16(19(24)20(22)25)18(23)13-5-3-7-15(11-13)27-2/h3-8,11-12,17,23H,9-10H2,1-2H3/t17-/m0/s1. The number of benzene rings is 1. The molecule has 0 radical (unpaired) electrons. The number of ketones is 1. The van der Waals surface area contributed by atoms with E-state index in [4.69, 9.17) is 9.47 Å². The van der Waals surface area contributed by atoms with Gasteiger partial charge in [-0.15, -0.1) is 0 Å². The second kappa shape index (κ2) is 8.01. The van der Waals surface area contributed by atoms with E-state index >= 15 is 0 Å². The Hall–Kier alpha value is -3.19. The number of aromatic nitrogens is 1. The largest absolute Gasteiger partial charge is 0.507 e. The summed E-state index contributed by atoms with van der Waals surface area (Å²) in [7, 11) is 3.03. The monoisotopic (exact) mass is 368 g/mol. The van der Waals surface area contributed by atoms with Crippen LogP contribution in [0.25, 0.3) is 5.76 Å². The fourth-order valence-electron chi connectivity index (χ4n) is 3.11. The molecule has 1 fully saturated rings. The maximum absolute atomic E-state index is 12.7. The molecule has 27 heavy (non-hydrogen) atoms. The van der Waals surface area contributed by atoms with Gasteiger partial charge in [-0.25, -0.2) is 0 Å². The molecule has 0 aliphatic carbocycles. The lowest BCUT2D eigenvalue weighted by atomic mass is 9.96. The Morgan fingerprint density at radius 1 is 1.22 bits per heavy atom. The van der Waals surface area contributed by atoms with Crippen LogP contribution in [0.15, 0.2) is 54.4 Å². The zero-order valence-electron chi connectivity index (χ0n) is 15.1. The zero-order chi connectivity index (χ0) is 19.4. The maximum Gasteiger partial charge on any atom is 0.295 e. The van der Waals surface area contributed by atoms with Gasteiger partial charge in [-0.3, -0.25) is 14.6 Å². The smallest absolute Gasteiger partial charge is 0.295 e. The average Bonchev–Trinajstić information content (AvgIpc) is 2.97. The SMILES string of the molecule is COCCN1C(=O)C(=O)C(=C(O)c2cccc(OC)c2)[C@@H]1c1cccnc1. The Labute approximate surface area is 156 Å². The van der Waals surface area contributed by atoms with E-state index in [0.717, 1.165) is 0 Å². The van der Waals surface area contributed by atoms with Gasteiger partial charge in [-0.1, -0.05) is 18.2 Å². The van der Waals surface area contributed by atoms with Crippen molar-refractivity contribution in [1.29, 1.82) is 0 Å². The number of pyridine rings is 1. The molecule has 1 atom stereocenters. The van der Waals surface area contributed by atoms with Gasteiger partial charge in [-0.05, 0) is 23.8 Å². The number of hydrogen-bond donors (Lipinski definition) is 1. The molecule has 3 rings (SSSR count). The molecular formula is C20H20N2O5. The van der Waals surface area contributed by atoms with Crippen molar-refractivity contribution < 1.29 is 24.2 Å². The Balaban J connectivity index is 2.15. The summed E-state index contributed by atoms with van der Waals surface area (Å²) in [6.07, 6.45) is 3.18. The molecule has 1 aromatic heterocycles. The number of ether oxygens (including phenoxy) is 2. The molecule has 140 valence electrons. The van der Waals surface area contributed by atoms with E-state index in [1.807, 2.05) is 0 Å². The molecule has 1 aliphatic heterocycles. The van der Waals surface area contributed by atoms with E-state index in [1.165, 1.54) is 19.1 Å². The van der Waals surface area contributed by atoms with E-state index < -0.39 is 17.7 Å². The summed E-state index contributed by atoms with van der Waals surface area (Å²) in [6.45, 7) is 0.485. The number of methoxy groups -OCH3 is 2. The molecule has 0 spiro atoms. The van der Waals surface area contributed by atoms with E-state index in [2.05, 4.69) is 4.98 Å². The molecule has 1 saturated heterocycles. The van der Waals surface area contributed by atoms with E-state index in [1.54, 1.807) is 48.8 Å². The highest BCUT2D eigenvalue weighted by Gasteiger charge is 2.45. The molecule has 2 aromatic rings. The number of amides is 1. The van der Waals surface area contributed by atoms with E-state index in [-0.39, 0.29) is 24.5 Å². The number of likely N-dealkylation sites (tertiary alicyclic amines) is 1. The van der Waals surface area contributed by atoms with Crippen LogP contribution in [-0.2, 0) is 14.3 Å². The molecule has 0 unspecified atom stereocenters. The summed E-state index contributed by atoms with van der Waals surface area (Å²) in [4.78, 5) is 30.8. The number of carbonyl (C=O) groups is 2. The first-order chi connectivity index (χ1) is 13.1. The number of rotatable bonds is 6. The van der Waals surface area contributed by atoms with Gasteiger partial charge in [0.2, 0.25) is 0 Å². The number of Topliss-reactive ketones (excluding diaryl/α,β-unsaturated/α-hetero) is 1. The predicted molar refractivity (Wildman–Crippen MR) is 98.1 cm³/mol. The predicted octanol–water partition coefficient (Wildman–Crippen LogP) is 2.16. The van der Waals surface area contributed by atoms with Gasteiger partial charge in [0.05, 0.1) is 25.3 Å². The van der Waals surface area contributed by atoms with Crippen LogP contribution in [0, 0.1) is 0 Å². The van der Waals surface area contributed by atoms with Gasteiger partial charge in [0.25, 0.3) is 11.7 Å². The van der Waals surface area contributed by atoms with Gasteiger partial charge in [0, 0.05) is 31.6 Å². The summed E-state index contributed by atoms with van der Waals surface area (Å²) in [5.41, 5.74) is 1.06. The van der Waals surface area contributed by atoms with Crippen LogP contribution in [0.4, 0.5) is 0 Å². The average molecular weight is 368 g/mol. The third-order valence-electron chi connectivity index (χ3n) is 4.42. The van der Waals surface area contributed by atoms with Gasteiger partial charge in [0.1, 0.15) is 11.5 Å². The van der Waals surface area contributed by atoms with Crippen LogP contribution in [-0.4, -0.2) is 54.1 Å². The Morgan fingerprint density at radius 3 is 2.70 bits per heavy atom. The fourth-order valence-corrected chi connectivity index (χ4v) is 3.11. The van der Waals surface area contributed by atoms with Crippen molar-refractivity contribution in [2.75, 3.05) is 27.4 Å². The minimum Gasteiger partial charge on any atom is -0.507 e. The number of aliphatic hydroxyl groups is 1. The number of hydrogen-bond acceptors (Lipinski definition) is 6. The lowest BCUT2D eigenvalue weighted by Crippen LogP contribution is -2.32. The van der Waals surface area contributed by atoms with Crippen molar-refractivity contribution in [3.05, 3.63) is 65.5 Å². The van der Waals surface area contributed by atoms with Gasteiger partial charge in [0.15, 0.2) is 0 Å². The Morgan fingerprint density at radius 2 is 2.04 bits per heavy atom. The minimum absolute atomic E-state index is 0.0253. The summed E-state index contributed by atoms with van der Waals surface area (Å²) in [5.74, 6) is -1.13. The maximum atomic E-state index is 12.7. The number of nitrogens with zero attached hydrogens (tertiary/aromatic N) is 2. The van der Waals surface area contributed by atoms with Crippen LogP contribution < -0.4 is 4.74 Å². The first-order valence-electron chi connectivity index (χ1n) is 8.40. The third kappa shape index (κ3) is 3.54. The first-order valence-corrected chi connectivity index (χ1v) is 8.40. The molecule has 2 heterocycles. The quantitative estimate of drug-likeness (QED) is 0.477. The Bertz CT molecular complexity index is 879. The minimum atomic E-state index is -0.736. The zero-order valence-corrected chi connectivity index (χ0v) is 15.1. The second-order valence-electron chi connectivity index (χ2n) is 6.00. The molecule has 0 bridgehead atoms. The van der Waals surface area contributed by atoms with E-state index in [9.17, 15) is 14.7 Å². The normalized spacial score (nSPS) is 18.7.